The SMILES string of the molecule is NNC(c1cc(F)ccc1Br)C1CCc2cccnc21. The van der Waals surface area contributed by atoms with Gasteiger partial charge in [-0.05, 0) is 48.2 Å². The third-order valence-corrected chi connectivity index (χ3v) is 4.60. The van der Waals surface area contributed by atoms with E-state index in [1.54, 1.807) is 12.3 Å². The number of hydrazine groups is 1. The maximum Gasteiger partial charge on any atom is 0.123 e. The van der Waals surface area contributed by atoms with Crippen molar-refractivity contribution in [2.75, 3.05) is 0 Å². The van der Waals surface area contributed by atoms with Crippen LogP contribution in [-0.4, -0.2) is 4.98 Å². The molecule has 0 fully saturated rings. The number of pyridine rings is 1. The second kappa shape index (κ2) is 5.60. The third kappa shape index (κ3) is 2.37. The molecule has 1 aliphatic carbocycles. The molecule has 0 radical (unpaired) electrons. The van der Waals surface area contributed by atoms with Crippen LogP contribution in [0.25, 0.3) is 0 Å². The number of nitrogens with one attached hydrogen (secondary N) is 1. The Bertz CT molecular complexity index is 632. The van der Waals surface area contributed by atoms with Crippen LogP contribution in [0.2, 0.25) is 0 Å². The molecule has 0 amide bonds. The fourth-order valence-corrected chi connectivity index (χ4v) is 3.44. The van der Waals surface area contributed by atoms with Crippen LogP contribution in [0.3, 0.4) is 0 Å². The van der Waals surface area contributed by atoms with Crippen LogP contribution >= 0.6 is 15.9 Å². The highest BCUT2D eigenvalue weighted by Crippen LogP contribution is 2.41. The zero-order valence-corrected chi connectivity index (χ0v) is 12.4. The molecule has 0 saturated heterocycles. The molecule has 1 aromatic heterocycles. The summed E-state index contributed by atoms with van der Waals surface area (Å²) in [4.78, 5) is 4.48. The molecule has 20 heavy (non-hydrogen) atoms. The number of halogens is 2. The fraction of sp³-hybridized carbons (Fsp3) is 0.267. The first-order valence-electron chi connectivity index (χ1n) is 6.55. The van der Waals surface area contributed by atoms with E-state index < -0.39 is 0 Å². The van der Waals surface area contributed by atoms with Crippen molar-refractivity contribution >= 4 is 15.9 Å². The Labute approximate surface area is 125 Å². The number of nitrogens with zero attached hydrogens (tertiary/aromatic N) is 1. The number of aromatic nitrogens is 1. The minimum absolute atomic E-state index is 0.156. The largest absolute Gasteiger partial charge is 0.271 e. The highest BCUT2D eigenvalue weighted by atomic mass is 79.9. The van der Waals surface area contributed by atoms with E-state index in [0.29, 0.717) is 0 Å². The summed E-state index contributed by atoms with van der Waals surface area (Å²) in [6.45, 7) is 0. The summed E-state index contributed by atoms with van der Waals surface area (Å²) in [5.41, 5.74) is 5.98. The molecule has 0 saturated carbocycles. The Balaban J connectivity index is 2.01. The zero-order valence-electron chi connectivity index (χ0n) is 10.8. The summed E-state index contributed by atoms with van der Waals surface area (Å²) >= 11 is 3.48. The Kier molecular flexibility index (Phi) is 3.83. The van der Waals surface area contributed by atoms with Crippen LogP contribution in [-0.2, 0) is 6.42 Å². The molecule has 2 atom stereocenters. The molecule has 1 heterocycles. The Morgan fingerprint density at radius 1 is 1.40 bits per heavy atom. The zero-order chi connectivity index (χ0) is 14.1. The number of nitrogens with two attached hydrogens (primary N) is 1. The van der Waals surface area contributed by atoms with E-state index in [0.717, 1.165) is 28.6 Å². The monoisotopic (exact) mass is 335 g/mol. The lowest BCUT2D eigenvalue weighted by Gasteiger charge is -2.24. The van der Waals surface area contributed by atoms with Crippen LogP contribution in [0, 0.1) is 5.82 Å². The van der Waals surface area contributed by atoms with Gasteiger partial charge < -0.3 is 0 Å². The molecule has 104 valence electrons. The molecule has 3 N–H and O–H groups in total. The average molecular weight is 336 g/mol. The highest BCUT2D eigenvalue weighted by Gasteiger charge is 2.32. The minimum Gasteiger partial charge on any atom is -0.271 e. The van der Waals surface area contributed by atoms with Crippen LogP contribution < -0.4 is 11.3 Å². The summed E-state index contributed by atoms with van der Waals surface area (Å²) in [6.07, 6.45) is 3.74. The molecule has 3 nitrogen and oxygen atoms in total. The van der Waals surface area contributed by atoms with E-state index >= 15 is 0 Å². The van der Waals surface area contributed by atoms with Crippen molar-refractivity contribution in [2.24, 2.45) is 5.84 Å². The van der Waals surface area contributed by atoms with Gasteiger partial charge in [0, 0.05) is 22.3 Å². The van der Waals surface area contributed by atoms with Gasteiger partial charge in [-0.1, -0.05) is 22.0 Å². The first-order chi connectivity index (χ1) is 9.70. The van der Waals surface area contributed by atoms with Crippen molar-refractivity contribution in [1.29, 1.82) is 0 Å². The van der Waals surface area contributed by atoms with Crippen LogP contribution in [0.1, 0.15) is 35.2 Å². The molecule has 0 spiro atoms. The van der Waals surface area contributed by atoms with Gasteiger partial charge in [-0.3, -0.25) is 16.3 Å². The van der Waals surface area contributed by atoms with Gasteiger partial charge in [0.25, 0.3) is 0 Å². The standard InChI is InChI=1S/C15H15BrFN3/c16-13-6-4-10(17)8-12(13)15(20-18)11-5-3-9-2-1-7-19-14(9)11/h1-2,4,6-8,11,15,20H,3,5,18H2. The smallest absolute Gasteiger partial charge is 0.123 e. The number of rotatable bonds is 3. The lowest BCUT2D eigenvalue weighted by atomic mass is 9.91. The maximum atomic E-state index is 13.5. The van der Waals surface area contributed by atoms with Gasteiger partial charge in [-0.15, -0.1) is 0 Å². The summed E-state index contributed by atoms with van der Waals surface area (Å²) in [5, 5.41) is 0. The van der Waals surface area contributed by atoms with Crippen LogP contribution in [0.15, 0.2) is 41.0 Å². The topological polar surface area (TPSA) is 50.9 Å². The highest BCUT2D eigenvalue weighted by molar-refractivity contribution is 9.10. The maximum absolute atomic E-state index is 13.5. The van der Waals surface area contributed by atoms with Crippen LogP contribution in [0.5, 0.6) is 0 Å². The summed E-state index contributed by atoms with van der Waals surface area (Å²) in [5.74, 6) is 5.64. The average Bonchev–Trinajstić information content (AvgIpc) is 2.88. The van der Waals surface area contributed by atoms with Gasteiger partial charge in [0.2, 0.25) is 0 Å². The Morgan fingerprint density at radius 3 is 3.05 bits per heavy atom. The number of benzene rings is 1. The third-order valence-electron chi connectivity index (χ3n) is 3.88. The molecule has 0 aliphatic heterocycles. The van der Waals surface area contributed by atoms with E-state index in [1.165, 1.54) is 17.7 Å². The fourth-order valence-electron chi connectivity index (χ4n) is 2.94. The minimum atomic E-state index is -0.261. The summed E-state index contributed by atoms with van der Waals surface area (Å²) in [7, 11) is 0. The van der Waals surface area contributed by atoms with Crippen molar-refractivity contribution in [3.05, 3.63) is 63.6 Å². The normalized spacial score (nSPS) is 18.9. The van der Waals surface area contributed by atoms with Gasteiger partial charge in [0.1, 0.15) is 5.82 Å². The van der Waals surface area contributed by atoms with Crippen molar-refractivity contribution in [3.8, 4) is 0 Å². The van der Waals surface area contributed by atoms with Crippen molar-refractivity contribution < 1.29 is 4.39 Å². The van der Waals surface area contributed by atoms with E-state index in [9.17, 15) is 4.39 Å². The van der Waals surface area contributed by atoms with Gasteiger partial charge in [0.05, 0.1) is 6.04 Å². The van der Waals surface area contributed by atoms with E-state index in [-0.39, 0.29) is 17.8 Å². The Hall–Kier alpha value is -1.30. The molecular weight excluding hydrogens is 321 g/mol. The van der Waals surface area contributed by atoms with Crippen LogP contribution in [0.4, 0.5) is 4.39 Å². The van der Waals surface area contributed by atoms with Gasteiger partial charge in [-0.2, -0.15) is 0 Å². The number of hydrogen-bond donors (Lipinski definition) is 2. The summed E-state index contributed by atoms with van der Waals surface area (Å²) < 4.78 is 14.4. The van der Waals surface area contributed by atoms with E-state index in [4.69, 9.17) is 5.84 Å². The lowest BCUT2D eigenvalue weighted by molar-refractivity contribution is 0.443. The quantitative estimate of drug-likeness (QED) is 0.668. The van der Waals surface area contributed by atoms with Crippen molar-refractivity contribution in [1.82, 2.24) is 10.4 Å². The first kappa shape index (κ1) is 13.7. The molecule has 1 aliphatic rings. The molecule has 2 unspecified atom stereocenters. The second-order valence-corrected chi connectivity index (χ2v) is 5.86. The number of hydrogen-bond acceptors (Lipinski definition) is 3. The molecule has 3 rings (SSSR count). The molecule has 2 aromatic rings. The van der Waals surface area contributed by atoms with Gasteiger partial charge in [-0.25, -0.2) is 4.39 Å². The molecule has 0 bridgehead atoms. The van der Waals surface area contributed by atoms with Crippen molar-refractivity contribution in [2.45, 2.75) is 24.8 Å². The predicted molar refractivity (Wildman–Crippen MR) is 79.5 cm³/mol. The lowest BCUT2D eigenvalue weighted by Crippen LogP contribution is -2.32. The van der Waals surface area contributed by atoms with Crippen molar-refractivity contribution in [3.63, 3.8) is 0 Å². The molecule has 5 heteroatoms. The van der Waals surface area contributed by atoms with E-state index in [1.807, 2.05) is 6.07 Å². The first-order valence-corrected chi connectivity index (χ1v) is 7.35. The second-order valence-electron chi connectivity index (χ2n) is 5.00. The Morgan fingerprint density at radius 2 is 2.25 bits per heavy atom. The molecule has 1 aromatic carbocycles. The van der Waals surface area contributed by atoms with E-state index in [2.05, 4.69) is 32.4 Å². The van der Waals surface area contributed by atoms with Gasteiger partial charge >= 0.3 is 0 Å². The molecular formula is C15H15BrFN3. The number of aryl methyl sites for hydroxylation is 1. The summed E-state index contributed by atoms with van der Waals surface area (Å²) in [6, 6.07) is 8.55. The number of fused-ring (bicyclic) bond motifs is 1. The predicted octanol–water partition coefficient (Wildman–Crippen LogP) is 3.22. The van der Waals surface area contributed by atoms with Gasteiger partial charge in [0.15, 0.2) is 0 Å².